The number of para-hydroxylation sites is 1. The number of aromatic nitrogens is 1. The van der Waals surface area contributed by atoms with Gasteiger partial charge in [0.25, 0.3) is 0 Å². The van der Waals surface area contributed by atoms with Crippen molar-refractivity contribution < 1.29 is 23.1 Å². The van der Waals surface area contributed by atoms with Crippen LogP contribution in [-0.2, 0) is 10.4 Å². The maximum atomic E-state index is 13.3. The summed E-state index contributed by atoms with van der Waals surface area (Å²) in [7, 11) is 0. The van der Waals surface area contributed by atoms with Gasteiger partial charge in [0.15, 0.2) is 0 Å². The van der Waals surface area contributed by atoms with Crippen LogP contribution in [0.4, 0.5) is 13.2 Å². The first-order valence-corrected chi connectivity index (χ1v) is 7.75. The molecule has 1 amide bonds. The number of nitrogens with zero attached hydrogens (tertiary/aromatic N) is 1. The minimum absolute atomic E-state index is 0.121. The average molecular weight is 350 g/mol. The number of thiazole rings is 1. The highest BCUT2D eigenvalue weighted by Gasteiger charge is 2.58. The Kier molecular flexibility index (Phi) is 4.98. The first-order valence-electron chi connectivity index (χ1n) is 6.30. The number of alkyl halides is 3. The van der Waals surface area contributed by atoms with Gasteiger partial charge in [0.2, 0.25) is 11.5 Å². The lowest BCUT2D eigenvalue weighted by molar-refractivity contribution is -0.267. The maximum absolute atomic E-state index is 13.3. The van der Waals surface area contributed by atoms with Crippen molar-refractivity contribution in [3.05, 3.63) is 29.3 Å². The Labute approximate surface area is 133 Å². The fourth-order valence-electron chi connectivity index (χ4n) is 1.84. The van der Waals surface area contributed by atoms with Crippen molar-refractivity contribution in [3.63, 3.8) is 0 Å². The zero-order valence-corrected chi connectivity index (χ0v) is 12.9. The minimum Gasteiger partial charge on any atom is -0.374 e. The molecule has 1 atom stereocenters. The van der Waals surface area contributed by atoms with E-state index in [1.54, 1.807) is 24.3 Å². The van der Waals surface area contributed by atoms with Crippen molar-refractivity contribution >= 4 is 40.1 Å². The van der Waals surface area contributed by atoms with Gasteiger partial charge in [0, 0.05) is 12.3 Å². The fourth-order valence-corrected chi connectivity index (χ4v) is 3.02. The molecular weight excluding hydrogens is 337 g/mol. The summed E-state index contributed by atoms with van der Waals surface area (Å²) in [6, 6.07) is 6.45. The lowest BCUT2D eigenvalue weighted by atomic mass is 9.99. The molecule has 120 valence electrons. The molecule has 2 rings (SSSR count). The fraction of sp³-hybridized carbons (Fsp3) is 0.385. The summed E-state index contributed by atoms with van der Waals surface area (Å²) >= 11 is 4.58. The van der Waals surface area contributed by atoms with Gasteiger partial charge in [-0.3, -0.25) is 4.79 Å². The van der Waals surface area contributed by atoms with Crippen LogP contribution in [-0.4, -0.2) is 34.5 Å². The predicted octanol–water partition coefficient (Wildman–Crippen LogP) is 2.48. The molecule has 1 aromatic heterocycles. The van der Waals surface area contributed by atoms with Gasteiger partial charge in [0.1, 0.15) is 5.01 Å². The number of hydrogen-bond acceptors (Lipinski definition) is 5. The van der Waals surface area contributed by atoms with Crippen LogP contribution in [0, 0.1) is 0 Å². The Morgan fingerprint density at radius 1 is 1.36 bits per heavy atom. The molecule has 0 bridgehead atoms. The summed E-state index contributed by atoms with van der Waals surface area (Å²) in [5, 5.41) is 11.9. The number of benzene rings is 1. The Balaban J connectivity index is 2.38. The second-order valence-corrected chi connectivity index (χ2v) is 6.07. The molecule has 1 unspecified atom stereocenters. The normalized spacial score (nSPS) is 14.8. The largest absolute Gasteiger partial charge is 0.424 e. The lowest BCUT2D eigenvalue weighted by Gasteiger charge is -2.27. The summed E-state index contributed by atoms with van der Waals surface area (Å²) in [6.07, 6.45) is -6.15. The number of carbonyl (C=O) groups is 1. The third kappa shape index (κ3) is 3.36. The van der Waals surface area contributed by atoms with Crippen molar-refractivity contribution in [1.82, 2.24) is 10.3 Å². The van der Waals surface area contributed by atoms with Crippen LogP contribution in [0.25, 0.3) is 10.2 Å². The summed E-state index contributed by atoms with van der Waals surface area (Å²) in [6.45, 7) is 0.121. The Bertz CT molecular complexity index is 642. The lowest BCUT2D eigenvalue weighted by Crippen LogP contribution is -2.46. The SMILES string of the molecule is O=C(CC(O)(c1nc2ccccc2s1)C(F)(F)F)NCCS. The van der Waals surface area contributed by atoms with E-state index in [4.69, 9.17) is 0 Å². The highest BCUT2D eigenvalue weighted by atomic mass is 32.1. The Hall–Kier alpha value is -1.32. The van der Waals surface area contributed by atoms with E-state index >= 15 is 0 Å². The smallest absolute Gasteiger partial charge is 0.374 e. The number of hydrogen-bond donors (Lipinski definition) is 3. The molecule has 2 N–H and O–H groups in total. The van der Waals surface area contributed by atoms with E-state index in [2.05, 4.69) is 22.9 Å². The van der Waals surface area contributed by atoms with Crippen molar-refractivity contribution in [2.24, 2.45) is 0 Å². The second-order valence-electron chi connectivity index (χ2n) is 4.60. The Morgan fingerprint density at radius 2 is 2.05 bits per heavy atom. The van der Waals surface area contributed by atoms with Crippen LogP contribution >= 0.6 is 24.0 Å². The number of rotatable bonds is 5. The van der Waals surface area contributed by atoms with E-state index in [9.17, 15) is 23.1 Å². The van der Waals surface area contributed by atoms with Gasteiger partial charge in [0.05, 0.1) is 16.6 Å². The third-order valence-corrected chi connectivity index (χ3v) is 4.38. The molecule has 2 aromatic rings. The van der Waals surface area contributed by atoms with Crippen molar-refractivity contribution in [1.29, 1.82) is 0 Å². The predicted molar refractivity (Wildman–Crippen MR) is 81.1 cm³/mol. The molecule has 0 saturated heterocycles. The van der Waals surface area contributed by atoms with Crippen LogP contribution < -0.4 is 5.32 Å². The maximum Gasteiger partial charge on any atom is 0.424 e. The summed E-state index contributed by atoms with van der Waals surface area (Å²) in [5.41, 5.74) is -2.96. The number of halogens is 3. The quantitative estimate of drug-likeness (QED) is 0.726. The van der Waals surface area contributed by atoms with E-state index in [0.29, 0.717) is 10.2 Å². The number of amides is 1. The van der Waals surface area contributed by atoms with Gasteiger partial charge in [-0.25, -0.2) is 4.98 Å². The van der Waals surface area contributed by atoms with Gasteiger partial charge >= 0.3 is 6.18 Å². The first kappa shape index (κ1) is 17.0. The Morgan fingerprint density at radius 3 is 2.64 bits per heavy atom. The van der Waals surface area contributed by atoms with E-state index in [0.717, 1.165) is 11.3 Å². The molecule has 9 heteroatoms. The highest BCUT2D eigenvalue weighted by Crippen LogP contribution is 2.44. The first-order chi connectivity index (χ1) is 10.3. The molecule has 0 saturated carbocycles. The van der Waals surface area contributed by atoms with Gasteiger partial charge in [-0.2, -0.15) is 25.8 Å². The molecule has 1 aromatic carbocycles. The molecule has 0 spiro atoms. The van der Waals surface area contributed by atoms with Gasteiger partial charge in [-0.05, 0) is 12.1 Å². The van der Waals surface area contributed by atoms with Crippen molar-refractivity contribution in [2.75, 3.05) is 12.3 Å². The molecule has 0 radical (unpaired) electrons. The molecule has 0 aliphatic carbocycles. The molecule has 4 nitrogen and oxygen atoms in total. The van der Waals surface area contributed by atoms with Crippen molar-refractivity contribution in [3.8, 4) is 0 Å². The zero-order valence-electron chi connectivity index (χ0n) is 11.2. The van der Waals surface area contributed by atoms with Crippen LogP contribution in [0.2, 0.25) is 0 Å². The summed E-state index contributed by atoms with van der Waals surface area (Å²) < 4.78 is 40.5. The second kappa shape index (κ2) is 6.43. The number of aliphatic hydroxyl groups is 1. The highest BCUT2D eigenvalue weighted by molar-refractivity contribution is 7.80. The van der Waals surface area contributed by atoms with Gasteiger partial charge < -0.3 is 10.4 Å². The topological polar surface area (TPSA) is 62.2 Å². The van der Waals surface area contributed by atoms with E-state index in [1.807, 2.05) is 0 Å². The standard InChI is InChI=1S/C13H13F3N2O2S2/c14-13(15,16)12(20,7-10(19)17-5-6-21)11-18-8-3-1-2-4-9(8)22-11/h1-4,20-21H,5-7H2,(H,17,19). The van der Waals surface area contributed by atoms with Crippen LogP contribution in [0.1, 0.15) is 11.4 Å². The van der Waals surface area contributed by atoms with E-state index < -0.39 is 29.1 Å². The molecule has 1 heterocycles. The van der Waals surface area contributed by atoms with Gasteiger partial charge in [-0.1, -0.05) is 12.1 Å². The number of fused-ring (bicyclic) bond motifs is 1. The molecule has 22 heavy (non-hydrogen) atoms. The van der Waals surface area contributed by atoms with Crippen LogP contribution in [0.5, 0.6) is 0 Å². The van der Waals surface area contributed by atoms with Crippen LogP contribution in [0.15, 0.2) is 24.3 Å². The minimum atomic E-state index is -5.01. The molecule has 0 fully saturated rings. The summed E-state index contributed by atoms with van der Waals surface area (Å²) in [4.78, 5) is 15.5. The number of nitrogens with one attached hydrogen (secondary N) is 1. The summed E-state index contributed by atoms with van der Waals surface area (Å²) in [5.74, 6) is -0.620. The molecular formula is C13H13F3N2O2S2. The monoisotopic (exact) mass is 350 g/mol. The molecule has 0 aliphatic heterocycles. The zero-order chi connectivity index (χ0) is 16.4. The third-order valence-electron chi connectivity index (χ3n) is 2.97. The average Bonchev–Trinajstić information content (AvgIpc) is 2.88. The molecule has 0 aliphatic rings. The number of carbonyl (C=O) groups excluding carboxylic acids is 1. The number of thiol groups is 1. The van der Waals surface area contributed by atoms with Gasteiger partial charge in [-0.15, -0.1) is 11.3 Å². The van der Waals surface area contributed by atoms with E-state index in [1.165, 1.54) is 0 Å². The van der Waals surface area contributed by atoms with Crippen molar-refractivity contribution in [2.45, 2.75) is 18.2 Å². The van der Waals surface area contributed by atoms with Crippen LogP contribution in [0.3, 0.4) is 0 Å². The van der Waals surface area contributed by atoms with E-state index in [-0.39, 0.29) is 12.3 Å².